The summed E-state index contributed by atoms with van der Waals surface area (Å²) in [5.74, 6) is 2.30. The molecule has 0 radical (unpaired) electrons. The zero-order valence-electron chi connectivity index (χ0n) is 13.9. The van der Waals surface area contributed by atoms with Crippen LogP contribution in [0.1, 0.15) is 18.5 Å². The number of nitrogens with zero attached hydrogens (tertiary/aromatic N) is 3. The fourth-order valence-electron chi connectivity index (χ4n) is 8.52. The van der Waals surface area contributed by atoms with Crippen LogP contribution >= 0.6 is 0 Å². The van der Waals surface area contributed by atoms with Crippen LogP contribution in [-0.4, -0.2) is 25.1 Å². The van der Waals surface area contributed by atoms with Gasteiger partial charge in [-0.1, -0.05) is 30.4 Å². The van der Waals surface area contributed by atoms with E-state index in [2.05, 4.69) is 6.08 Å². The first-order valence-corrected chi connectivity index (χ1v) is 9.53. The van der Waals surface area contributed by atoms with Gasteiger partial charge in [0.2, 0.25) is 0 Å². The molecule has 4 fully saturated rings. The second-order valence-corrected chi connectivity index (χ2v) is 9.13. The van der Waals surface area contributed by atoms with Crippen molar-refractivity contribution in [2.75, 3.05) is 0 Å². The topological polar surface area (TPSA) is 69.2 Å². The van der Waals surface area contributed by atoms with Crippen LogP contribution < -0.4 is 11.4 Å². The van der Waals surface area contributed by atoms with Gasteiger partial charge >= 0.3 is 11.4 Å². The quantitative estimate of drug-likeness (QED) is 0.773. The second kappa shape index (κ2) is 3.31. The van der Waals surface area contributed by atoms with E-state index in [-0.39, 0.29) is 34.3 Å². The number of aliphatic hydroxyl groups excluding tert-OH is 1. The molecule has 2 aliphatic heterocycles. The van der Waals surface area contributed by atoms with Crippen LogP contribution in [0.5, 0.6) is 0 Å². The molecular weight excluding hydrogens is 330 g/mol. The summed E-state index contributed by atoms with van der Waals surface area (Å²) in [4.78, 5) is 26.7. The zero-order chi connectivity index (χ0) is 17.2. The highest BCUT2D eigenvalue weighted by molar-refractivity contribution is 5.54. The van der Waals surface area contributed by atoms with E-state index >= 15 is 0 Å². The Balaban J connectivity index is 1.47. The van der Waals surface area contributed by atoms with Gasteiger partial charge in [0.1, 0.15) is 0 Å². The fraction of sp³-hybridized carbons (Fsp3) is 0.500. The van der Waals surface area contributed by atoms with Crippen molar-refractivity contribution in [3.05, 3.63) is 63.5 Å². The van der Waals surface area contributed by atoms with Crippen molar-refractivity contribution in [2.24, 2.45) is 34.5 Å². The van der Waals surface area contributed by atoms with E-state index in [9.17, 15) is 14.7 Å². The molecule has 1 N–H and O–H groups in total. The minimum atomic E-state index is -0.421. The molecule has 5 aliphatic carbocycles. The summed E-state index contributed by atoms with van der Waals surface area (Å²) in [6, 6.07) is 9.41. The minimum absolute atomic E-state index is 0.00898. The maximum absolute atomic E-state index is 13.3. The van der Waals surface area contributed by atoms with Gasteiger partial charge in [0.25, 0.3) is 0 Å². The van der Waals surface area contributed by atoms with Crippen LogP contribution in [0.4, 0.5) is 0 Å². The van der Waals surface area contributed by atoms with Crippen molar-refractivity contribution in [2.45, 2.75) is 24.6 Å². The van der Waals surface area contributed by atoms with Crippen LogP contribution in [-0.2, 0) is 0 Å². The Hall–Kier alpha value is -2.34. The number of hydrogen-bond acceptors (Lipinski definition) is 3. The van der Waals surface area contributed by atoms with Gasteiger partial charge in [-0.3, -0.25) is 0 Å². The first kappa shape index (κ1) is 12.9. The lowest BCUT2D eigenvalue weighted by Gasteiger charge is -2.49. The van der Waals surface area contributed by atoms with E-state index < -0.39 is 6.10 Å². The molecular formula is C20H17N3O3. The van der Waals surface area contributed by atoms with E-state index in [0.717, 1.165) is 6.42 Å². The molecule has 4 saturated carbocycles. The van der Waals surface area contributed by atoms with E-state index in [0.29, 0.717) is 29.4 Å². The number of aliphatic hydroxyl groups is 1. The maximum atomic E-state index is 13.3. The van der Waals surface area contributed by atoms with E-state index in [1.165, 1.54) is 4.57 Å². The van der Waals surface area contributed by atoms with Gasteiger partial charge in [0.05, 0.1) is 23.9 Å². The molecule has 130 valence electrons. The highest BCUT2D eigenvalue weighted by Gasteiger charge is 3.02. The average molecular weight is 347 g/mol. The third-order valence-corrected chi connectivity index (χ3v) is 8.81. The fourth-order valence-corrected chi connectivity index (χ4v) is 8.52. The summed E-state index contributed by atoms with van der Waals surface area (Å²) < 4.78 is 4.93. The molecule has 6 heteroatoms. The molecule has 26 heavy (non-hydrogen) atoms. The Bertz CT molecular complexity index is 1190. The van der Waals surface area contributed by atoms with Crippen molar-refractivity contribution in [3.63, 3.8) is 0 Å². The standard InChI is InChI=1S/C20H17N3O3/c24-10-6-7-19-14-11-12-13(11)16(20(14,19)8-10)23-18(26)21(9-4-2-1-3-5-9)17(25)22(23)15(12)19/h1-7,10-16,24H,8H2/t10-,11+,12-,13-,14+,15-,16-,19-,20+/m0/s1. The molecule has 9 atom stereocenters. The summed E-state index contributed by atoms with van der Waals surface area (Å²) in [6.45, 7) is 0. The summed E-state index contributed by atoms with van der Waals surface area (Å²) in [5.41, 5.74) is 0.254. The van der Waals surface area contributed by atoms with Gasteiger partial charge in [0.15, 0.2) is 0 Å². The molecule has 2 spiro atoms. The summed E-state index contributed by atoms with van der Waals surface area (Å²) in [6.07, 6.45) is 4.47. The van der Waals surface area contributed by atoms with E-state index in [1.807, 2.05) is 36.4 Å². The third kappa shape index (κ3) is 0.895. The monoisotopic (exact) mass is 347 g/mol. The highest BCUT2D eigenvalue weighted by atomic mass is 16.3. The molecule has 1 aromatic carbocycles. The third-order valence-electron chi connectivity index (χ3n) is 8.81. The summed E-state index contributed by atoms with van der Waals surface area (Å²) >= 11 is 0. The van der Waals surface area contributed by atoms with Gasteiger partial charge in [-0.05, 0) is 42.2 Å². The summed E-state index contributed by atoms with van der Waals surface area (Å²) in [7, 11) is 0. The van der Waals surface area contributed by atoms with Crippen molar-refractivity contribution < 1.29 is 5.11 Å². The molecule has 7 aliphatic rings. The number of allylic oxidation sites excluding steroid dienone is 1. The van der Waals surface area contributed by atoms with E-state index in [4.69, 9.17) is 0 Å². The molecule has 0 saturated heterocycles. The Labute approximate surface area is 148 Å². The van der Waals surface area contributed by atoms with Crippen molar-refractivity contribution in [1.29, 1.82) is 0 Å². The molecule has 0 amide bonds. The lowest BCUT2D eigenvalue weighted by Crippen LogP contribution is -2.53. The van der Waals surface area contributed by atoms with Gasteiger partial charge in [0, 0.05) is 10.8 Å². The normalized spacial score (nSPS) is 52.0. The van der Waals surface area contributed by atoms with Crippen LogP contribution in [0.25, 0.3) is 5.69 Å². The lowest BCUT2D eigenvalue weighted by molar-refractivity contribution is -0.00744. The molecule has 2 bridgehead atoms. The predicted octanol–water partition coefficient (Wildman–Crippen LogP) is 0.709. The van der Waals surface area contributed by atoms with Crippen molar-refractivity contribution >= 4 is 0 Å². The second-order valence-electron chi connectivity index (χ2n) is 9.13. The number of rotatable bonds is 1. The molecule has 2 aromatic rings. The molecule has 1 aromatic heterocycles. The Morgan fingerprint density at radius 1 is 0.962 bits per heavy atom. The number of para-hydroxylation sites is 1. The number of aromatic nitrogens is 3. The van der Waals surface area contributed by atoms with Crippen molar-refractivity contribution in [3.8, 4) is 5.69 Å². The van der Waals surface area contributed by atoms with E-state index in [1.54, 1.807) is 9.36 Å². The Morgan fingerprint density at radius 3 is 2.42 bits per heavy atom. The SMILES string of the molecule is O=c1n(-c2ccccc2)c(=O)n2n1[C@H]1[C@@H]3[C@@H]4[C@@H]3[C@@H]3[C@@]15C=C[C@H](O)C[C@]35[C@H]42. The number of benzene rings is 1. The van der Waals surface area contributed by atoms with Gasteiger partial charge in [-0.15, -0.1) is 0 Å². The lowest BCUT2D eigenvalue weighted by atomic mass is 9.67. The number of hydrogen-bond donors (Lipinski definition) is 1. The van der Waals surface area contributed by atoms with Crippen molar-refractivity contribution in [1.82, 2.24) is 13.9 Å². The van der Waals surface area contributed by atoms with Crippen LogP contribution in [0.15, 0.2) is 52.1 Å². The van der Waals surface area contributed by atoms with Gasteiger partial charge in [-0.2, -0.15) is 0 Å². The first-order valence-electron chi connectivity index (χ1n) is 9.53. The van der Waals surface area contributed by atoms with Crippen LogP contribution in [0.2, 0.25) is 0 Å². The molecule has 6 nitrogen and oxygen atoms in total. The van der Waals surface area contributed by atoms with Crippen LogP contribution in [0, 0.1) is 34.5 Å². The van der Waals surface area contributed by atoms with Crippen LogP contribution in [0.3, 0.4) is 0 Å². The maximum Gasteiger partial charge on any atom is 0.352 e. The predicted molar refractivity (Wildman–Crippen MR) is 91.0 cm³/mol. The molecule has 9 rings (SSSR count). The van der Waals surface area contributed by atoms with Gasteiger partial charge < -0.3 is 5.11 Å². The minimum Gasteiger partial charge on any atom is -0.389 e. The smallest absolute Gasteiger partial charge is 0.352 e. The first-order chi connectivity index (χ1) is 12.6. The molecule has 0 unspecified atom stereocenters. The Kier molecular flexibility index (Phi) is 1.65. The highest BCUT2D eigenvalue weighted by Crippen LogP contribution is 3.03. The Morgan fingerprint density at radius 2 is 1.65 bits per heavy atom. The zero-order valence-corrected chi connectivity index (χ0v) is 13.9. The molecule has 3 heterocycles. The summed E-state index contributed by atoms with van der Waals surface area (Å²) in [5, 5.41) is 10.3. The average Bonchev–Trinajstić information content (AvgIpc) is 3.40. The largest absolute Gasteiger partial charge is 0.389 e. The van der Waals surface area contributed by atoms with Gasteiger partial charge in [-0.25, -0.2) is 23.5 Å².